The number of carboxylic acid groups (broad SMARTS) is 1. The van der Waals surface area contributed by atoms with Crippen molar-refractivity contribution in [1.82, 2.24) is 0 Å². The monoisotopic (exact) mass is 218 g/mol. The third-order valence-corrected chi connectivity index (χ3v) is 2.03. The average Bonchev–Trinajstić information content (AvgIpc) is 2.08. The summed E-state index contributed by atoms with van der Waals surface area (Å²) in [4.78, 5) is 10.6. The maximum absolute atomic E-state index is 13.2. The van der Waals surface area contributed by atoms with Crippen LogP contribution < -0.4 is 0 Å². The number of benzene rings is 1. The summed E-state index contributed by atoms with van der Waals surface area (Å²) in [6.45, 7) is 1.33. The molecule has 2 N–H and O–H groups in total. The molecule has 0 fully saturated rings. The fourth-order valence-electron chi connectivity index (χ4n) is 1.04. The second-order valence-corrected chi connectivity index (χ2v) is 3.25. The predicted molar refractivity (Wildman–Crippen MR) is 49.0 cm³/mol. The van der Waals surface area contributed by atoms with Crippen LogP contribution in [-0.2, 0) is 0 Å². The molecule has 3 nitrogen and oxygen atoms in total. The topological polar surface area (TPSA) is 57.5 Å². The average molecular weight is 219 g/mol. The molecule has 1 unspecified atom stereocenters. The number of hydrogen-bond donors (Lipinski definition) is 2. The molecule has 0 spiro atoms. The Morgan fingerprint density at radius 3 is 2.57 bits per heavy atom. The van der Waals surface area contributed by atoms with Crippen LogP contribution in [0.4, 0.5) is 4.39 Å². The second-order valence-electron chi connectivity index (χ2n) is 2.84. The fourth-order valence-corrected chi connectivity index (χ4v) is 1.26. The van der Waals surface area contributed by atoms with Crippen molar-refractivity contribution in [3.8, 4) is 0 Å². The van der Waals surface area contributed by atoms with Crippen molar-refractivity contribution >= 4 is 17.6 Å². The summed E-state index contributed by atoms with van der Waals surface area (Å²) in [5.74, 6) is -2.00. The largest absolute Gasteiger partial charge is 0.478 e. The minimum absolute atomic E-state index is 0.116. The van der Waals surface area contributed by atoms with E-state index in [9.17, 15) is 9.18 Å². The van der Waals surface area contributed by atoms with Gasteiger partial charge >= 0.3 is 5.97 Å². The number of rotatable bonds is 2. The van der Waals surface area contributed by atoms with Crippen molar-refractivity contribution in [3.63, 3.8) is 0 Å². The molecule has 0 aromatic heterocycles. The summed E-state index contributed by atoms with van der Waals surface area (Å²) in [6, 6.07) is 2.07. The molecule has 14 heavy (non-hydrogen) atoms. The highest BCUT2D eigenvalue weighted by Crippen LogP contribution is 2.25. The minimum Gasteiger partial charge on any atom is -0.478 e. The summed E-state index contributed by atoms with van der Waals surface area (Å²) in [5.41, 5.74) is -0.262. The van der Waals surface area contributed by atoms with Crippen LogP contribution in [-0.4, -0.2) is 16.2 Å². The SMILES string of the molecule is CC(O)c1cc(C(=O)O)cc(Cl)c1F. The van der Waals surface area contributed by atoms with Gasteiger partial charge in [0, 0.05) is 5.56 Å². The van der Waals surface area contributed by atoms with Gasteiger partial charge in [-0.1, -0.05) is 11.6 Å². The van der Waals surface area contributed by atoms with E-state index in [0.717, 1.165) is 12.1 Å². The molecular weight excluding hydrogens is 211 g/mol. The minimum atomic E-state index is -1.21. The highest BCUT2D eigenvalue weighted by molar-refractivity contribution is 6.31. The maximum Gasteiger partial charge on any atom is 0.335 e. The third-order valence-electron chi connectivity index (χ3n) is 1.75. The van der Waals surface area contributed by atoms with Gasteiger partial charge in [-0.2, -0.15) is 0 Å². The van der Waals surface area contributed by atoms with Gasteiger partial charge in [0.2, 0.25) is 0 Å². The Labute approximate surface area is 84.7 Å². The molecule has 1 aromatic rings. The van der Waals surface area contributed by atoms with Crippen LogP contribution in [0.5, 0.6) is 0 Å². The van der Waals surface area contributed by atoms with E-state index in [-0.39, 0.29) is 16.1 Å². The van der Waals surface area contributed by atoms with Crippen LogP contribution in [0.15, 0.2) is 12.1 Å². The normalized spacial score (nSPS) is 12.6. The van der Waals surface area contributed by atoms with Crippen molar-refractivity contribution in [1.29, 1.82) is 0 Å². The summed E-state index contributed by atoms with van der Waals surface area (Å²) in [5, 5.41) is 17.5. The Morgan fingerprint density at radius 1 is 1.57 bits per heavy atom. The first-order valence-electron chi connectivity index (χ1n) is 3.83. The van der Waals surface area contributed by atoms with Gasteiger partial charge in [-0.05, 0) is 19.1 Å². The molecule has 1 aromatic carbocycles. The maximum atomic E-state index is 13.2. The molecule has 5 heteroatoms. The van der Waals surface area contributed by atoms with Crippen molar-refractivity contribution in [2.24, 2.45) is 0 Å². The quantitative estimate of drug-likeness (QED) is 0.800. The molecule has 76 valence electrons. The number of aliphatic hydroxyl groups is 1. The Hall–Kier alpha value is -1.13. The van der Waals surface area contributed by atoms with E-state index in [4.69, 9.17) is 21.8 Å². The number of carbonyl (C=O) groups is 1. The number of aliphatic hydroxyl groups excluding tert-OH is 1. The van der Waals surface area contributed by atoms with E-state index in [1.807, 2.05) is 0 Å². The van der Waals surface area contributed by atoms with Crippen molar-refractivity contribution in [2.45, 2.75) is 13.0 Å². The third kappa shape index (κ3) is 2.02. The Balaban J connectivity index is 3.35. The summed E-state index contributed by atoms with van der Waals surface area (Å²) in [7, 11) is 0. The zero-order valence-electron chi connectivity index (χ0n) is 7.29. The molecule has 0 saturated heterocycles. The zero-order chi connectivity index (χ0) is 10.9. The lowest BCUT2D eigenvalue weighted by Crippen LogP contribution is -2.03. The van der Waals surface area contributed by atoms with E-state index in [0.29, 0.717) is 0 Å². The predicted octanol–water partition coefficient (Wildman–Crippen LogP) is 2.23. The molecule has 0 saturated carbocycles. The van der Waals surface area contributed by atoms with Crippen LogP contribution >= 0.6 is 11.6 Å². The summed E-state index contributed by atoms with van der Waals surface area (Å²) < 4.78 is 13.2. The van der Waals surface area contributed by atoms with Gasteiger partial charge in [0.25, 0.3) is 0 Å². The van der Waals surface area contributed by atoms with E-state index in [1.54, 1.807) is 0 Å². The Morgan fingerprint density at radius 2 is 2.14 bits per heavy atom. The van der Waals surface area contributed by atoms with Gasteiger partial charge in [-0.15, -0.1) is 0 Å². The van der Waals surface area contributed by atoms with Gasteiger partial charge in [0.05, 0.1) is 16.7 Å². The number of halogens is 2. The second kappa shape index (κ2) is 3.94. The van der Waals surface area contributed by atoms with Gasteiger partial charge in [-0.25, -0.2) is 9.18 Å². The van der Waals surface area contributed by atoms with Crippen molar-refractivity contribution < 1.29 is 19.4 Å². The highest BCUT2D eigenvalue weighted by atomic mass is 35.5. The van der Waals surface area contributed by atoms with E-state index in [1.165, 1.54) is 6.92 Å². The van der Waals surface area contributed by atoms with E-state index in [2.05, 4.69) is 0 Å². The van der Waals surface area contributed by atoms with E-state index < -0.39 is 17.9 Å². The Bertz CT molecular complexity index is 377. The molecule has 0 bridgehead atoms. The van der Waals surface area contributed by atoms with Crippen LogP contribution in [0.2, 0.25) is 5.02 Å². The molecule has 0 aliphatic heterocycles. The molecule has 0 aliphatic carbocycles. The first-order valence-corrected chi connectivity index (χ1v) is 4.21. The van der Waals surface area contributed by atoms with Crippen LogP contribution in [0.25, 0.3) is 0 Å². The van der Waals surface area contributed by atoms with Gasteiger partial charge in [0.1, 0.15) is 5.82 Å². The summed E-state index contributed by atoms with van der Waals surface area (Å²) in [6.07, 6.45) is -1.09. The Kier molecular flexibility index (Phi) is 3.08. The van der Waals surface area contributed by atoms with E-state index >= 15 is 0 Å². The van der Waals surface area contributed by atoms with Crippen LogP contribution in [0.3, 0.4) is 0 Å². The zero-order valence-corrected chi connectivity index (χ0v) is 8.05. The molecule has 0 radical (unpaired) electrons. The summed E-state index contributed by atoms with van der Waals surface area (Å²) >= 11 is 5.46. The van der Waals surface area contributed by atoms with Crippen molar-refractivity contribution in [2.75, 3.05) is 0 Å². The lowest BCUT2D eigenvalue weighted by Gasteiger charge is -2.08. The molecule has 0 aliphatic rings. The number of hydrogen-bond acceptors (Lipinski definition) is 2. The number of aromatic carboxylic acids is 1. The van der Waals surface area contributed by atoms with Gasteiger partial charge in [-0.3, -0.25) is 0 Å². The molecule has 1 atom stereocenters. The molecule has 0 heterocycles. The number of carboxylic acids is 1. The first-order chi connectivity index (χ1) is 6.43. The fraction of sp³-hybridized carbons (Fsp3) is 0.222. The lowest BCUT2D eigenvalue weighted by atomic mass is 10.1. The van der Waals surface area contributed by atoms with Gasteiger partial charge < -0.3 is 10.2 Å². The smallest absolute Gasteiger partial charge is 0.335 e. The molecule has 0 amide bonds. The van der Waals surface area contributed by atoms with Gasteiger partial charge in [0.15, 0.2) is 0 Å². The van der Waals surface area contributed by atoms with Crippen LogP contribution in [0.1, 0.15) is 28.9 Å². The van der Waals surface area contributed by atoms with Crippen molar-refractivity contribution in [3.05, 3.63) is 34.1 Å². The highest BCUT2D eigenvalue weighted by Gasteiger charge is 2.15. The molecule has 1 rings (SSSR count). The standard InChI is InChI=1S/C9H8ClFO3/c1-4(12)6-2-5(9(13)14)3-7(10)8(6)11/h2-4,12H,1H3,(H,13,14). The molecular formula is C9H8ClFO3. The first kappa shape index (κ1) is 10.9. The van der Waals surface area contributed by atoms with Crippen LogP contribution in [0, 0.1) is 5.82 Å². The lowest BCUT2D eigenvalue weighted by molar-refractivity contribution is 0.0696.